The van der Waals surface area contributed by atoms with Gasteiger partial charge in [-0.25, -0.2) is 9.97 Å². The fourth-order valence-electron chi connectivity index (χ4n) is 2.09. The second-order valence-electron chi connectivity index (χ2n) is 4.81. The molecule has 20 heavy (non-hydrogen) atoms. The molecule has 2 N–H and O–H groups in total. The minimum atomic E-state index is -0.00704. The van der Waals surface area contributed by atoms with E-state index in [0.717, 1.165) is 29.9 Å². The smallest absolute Gasteiger partial charge is 0.228 e. The van der Waals surface area contributed by atoms with Crippen LogP contribution in [-0.2, 0) is 4.79 Å². The highest BCUT2D eigenvalue weighted by molar-refractivity contribution is 6.04. The molecular formula is C14H14N4O2. The van der Waals surface area contributed by atoms with Gasteiger partial charge in [0.2, 0.25) is 5.91 Å². The normalized spacial score (nSPS) is 14.1. The highest BCUT2D eigenvalue weighted by Gasteiger charge is 2.29. The number of hydrogen-bond acceptors (Lipinski definition) is 5. The first-order chi connectivity index (χ1) is 9.72. The maximum absolute atomic E-state index is 11.7. The SMILES string of the molecule is CNc1ncc(C=O)c2cc(NC(=O)C3CC3)ncc12. The van der Waals surface area contributed by atoms with Crippen LogP contribution in [0.5, 0.6) is 0 Å². The zero-order valence-electron chi connectivity index (χ0n) is 11.0. The summed E-state index contributed by atoms with van der Waals surface area (Å²) in [7, 11) is 1.76. The fourth-order valence-corrected chi connectivity index (χ4v) is 2.09. The maximum Gasteiger partial charge on any atom is 0.228 e. The largest absolute Gasteiger partial charge is 0.373 e. The lowest BCUT2D eigenvalue weighted by Gasteiger charge is -2.09. The van der Waals surface area contributed by atoms with Crippen LogP contribution in [0.1, 0.15) is 23.2 Å². The fraction of sp³-hybridized carbons (Fsp3) is 0.286. The van der Waals surface area contributed by atoms with Gasteiger partial charge in [-0.05, 0) is 18.9 Å². The molecule has 6 heteroatoms. The maximum atomic E-state index is 11.7. The van der Waals surface area contributed by atoms with Crippen LogP contribution >= 0.6 is 0 Å². The number of amides is 1. The van der Waals surface area contributed by atoms with E-state index in [9.17, 15) is 9.59 Å². The van der Waals surface area contributed by atoms with Gasteiger partial charge in [-0.15, -0.1) is 0 Å². The summed E-state index contributed by atoms with van der Waals surface area (Å²) in [5, 5.41) is 7.21. The van der Waals surface area contributed by atoms with Gasteiger partial charge in [0.15, 0.2) is 6.29 Å². The molecule has 0 aliphatic heterocycles. The lowest BCUT2D eigenvalue weighted by atomic mass is 10.1. The third-order valence-corrected chi connectivity index (χ3v) is 3.37. The number of aromatic nitrogens is 2. The van der Waals surface area contributed by atoms with E-state index in [1.807, 2.05) is 0 Å². The molecule has 1 saturated carbocycles. The van der Waals surface area contributed by atoms with Gasteiger partial charge in [0.25, 0.3) is 0 Å². The molecule has 0 radical (unpaired) electrons. The van der Waals surface area contributed by atoms with Gasteiger partial charge in [0.05, 0.1) is 0 Å². The van der Waals surface area contributed by atoms with Gasteiger partial charge < -0.3 is 10.6 Å². The molecule has 3 rings (SSSR count). The minimum absolute atomic E-state index is 0.00704. The Bertz CT molecular complexity index is 695. The van der Waals surface area contributed by atoms with Crippen LogP contribution in [0.4, 0.5) is 11.6 Å². The molecule has 1 aliphatic rings. The Morgan fingerprint density at radius 2 is 2.10 bits per heavy atom. The van der Waals surface area contributed by atoms with Crippen molar-refractivity contribution < 1.29 is 9.59 Å². The number of nitrogens with one attached hydrogen (secondary N) is 2. The van der Waals surface area contributed by atoms with E-state index in [4.69, 9.17) is 0 Å². The van der Waals surface area contributed by atoms with Crippen molar-refractivity contribution in [2.45, 2.75) is 12.8 Å². The summed E-state index contributed by atoms with van der Waals surface area (Å²) in [6.07, 6.45) is 5.75. The highest BCUT2D eigenvalue weighted by Crippen LogP contribution is 2.30. The summed E-state index contributed by atoms with van der Waals surface area (Å²) in [6.45, 7) is 0. The Morgan fingerprint density at radius 3 is 2.75 bits per heavy atom. The third kappa shape index (κ3) is 2.20. The van der Waals surface area contributed by atoms with Crippen LogP contribution in [-0.4, -0.2) is 29.2 Å². The zero-order valence-corrected chi connectivity index (χ0v) is 11.0. The lowest BCUT2D eigenvalue weighted by Crippen LogP contribution is -2.14. The summed E-state index contributed by atoms with van der Waals surface area (Å²) >= 11 is 0. The second-order valence-corrected chi connectivity index (χ2v) is 4.81. The van der Waals surface area contributed by atoms with Crippen molar-refractivity contribution >= 4 is 34.6 Å². The minimum Gasteiger partial charge on any atom is -0.373 e. The molecular weight excluding hydrogens is 256 g/mol. The molecule has 2 aromatic heterocycles. The highest BCUT2D eigenvalue weighted by atomic mass is 16.2. The van der Waals surface area contributed by atoms with Crippen LogP contribution < -0.4 is 10.6 Å². The molecule has 6 nitrogen and oxygen atoms in total. The molecule has 0 spiro atoms. The van der Waals surface area contributed by atoms with Gasteiger partial charge in [0.1, 0.15) is 11.6 Å². The van der Waals surface area contributed by atoms with E-state index < -0.39 is 0 Å². The first-order valence-corrected chi connectivity index (χ1v) is 6.45. The summed E-state index contributed by atoms with van der Waals surface area (Å²) in [4.78, 5) is 31.2. The van der Waals surface area contributed by atoms with E-state index >= 15 is 0 Å². The average Bonchev–Trinajstić information content (AvgIpc) is 3.30. The van der Waals surface area contributed by atoms with Crippen molar-refractivity contribution in [2.24, 2.45) is 5.92 Å². The van der Waals surface area contributed by atoms with E-state index in [-0.39, 0.29) is 11.8 Å². The van der Waals surface area contributed by atoms with Crippen LogP contribution in [0.3, 0.4) is 0 Å². The number of rotatable bonds is 4. The molecule has 0 saturated heterocycles. The van der Waals surface area contributed by atoms with Crippen LogP contribution in [0, 0.1) is 5.92 Å². The summed E-state index contributed by atoms with van der Waals surface area (Å²) in [5.41, 5.74) is 0.475. The van der Waals surface area contributed by atoms with Gasteiger partial charge in [-0.1, -0.05) is 0 Å². The van der Waals surface area contributed by atoms with Crippen molar-refractivity contribution in [3.63, 3.8) is 0 Å². The molecule has 2 aromatic rings. The standard InChI is InChI=1S/C14H14N4O2/c1-15-13-11-6-16-12(18-14(20)8-2-3-8)4-10(11)9(7-19)5-17-13/h4-8H,2-3H2,1H3,(H,15,17)(H,16,18,20). The van der Waals surface area contributed by atoms with E-state index in [2.05, 4.69) is 20.6 Å². The van der Waals surface area contributed by atoms with Crippen molar-refractivity contribution in [1.29, 1.82) is 0 Å². The Morgan fingerprint density at radius 1 is 1.30 bits per heavy atom. The molecule has 102 valence electrons. The lowest BCUT2D eigenvalue weighted by molar-refractivity contribution is -0.117. The predicted octanol–water partition coefficient (Wildman–Crippen LogP) is 1.83. The third-order valence-electron chi connectivity index (χ3n) is 3.37. The predicted molar refractivity (Wildman–Crippen MR) is 75.8 cm³/mol. The Balaban J connectivity index is 2.04. The van der Waals surface area contributed by atoms with Crippen LogP contribution in [0.15, 0.2) is 18.5 Å². The number of carbonyl (C=O) groups is 2. The topological polar surface area (TPSA) is 84.0 Å². The number of hydrogen-bond donors (Lipinski definition) is 2. The molecule has 0 unspecified atom stereocenters. The first-order valence-electron chi connectivity index (χ1n) is 6.45. The number of fused-ring (bicyclic) bond motifs is 1. The van der Waals surface area contributed by atoms with E-state index in [1.165, 1.54) is 6.20 Å². The van der Waals surface area contributed by atoms with Crippen molar-refractivity contribution in [3.8, 4) is 0 Å². The molecule has 0 aromatic carbocycles. The summed E-state index contributed by atoms with van der Waals surface area (Å²) in [6, 6.07) is 1.71. The van der Waals surface area contributed by atoms with Crippen LogP contribution in [0.25, 0.3) is 10.8 Å². The quantitative estimate of drug-likeness (QED) is 0.828. The molecule has 1 amide bonds. The average molecular weight is 270 g/mol. The molecule has 0 bridgehead atoms. The Hall–Kier alpha value is -2.50. The first kappa shape index (κ1) is 12.5. The monoisotopic (exact) mass is 270 g/mol. The Kier molecular flexibility index (Phi) is 3.06. The molecule has 1 aliphatic carbocycles. The summed E-state index contributed by atoms with van der Waals surface area (Å²) in [5.74, 6) is 1.22. The van der Waals surface area contributed by atoms with Gasteiger partial charge in [-0.3, -0.25) is 9.59 Å². The van der Waals surface area contributed by atoms with Gasteiger partial charge in [-0.2, -0.15) is 0 Å². The zero-order chi connectivity index (χ0) is 14.1. The van der Waals surface area contributed by atoms with Crippen molar-refractivity contribution in [2.75, 3.05) is 17.7 Å². The number of carbonyl (C=O) groups excluding carboxylic acids is 2. The van der Waals surface area contributed by atoms with Crippen LogP contribution in [0.2, 0.25) is 0 Å². The van der Waals surface area contributed by atoms with Crippen molar-refractivity contribution in [1.82, 2.24) is 9.97 Å². The molecule has 1 fully saturated rings. The number of aldehydes is 1. The molecule has 2 heterocycles. The van der Waals surface area contributed by atoms with E-state index in [0.29, 0.717) is 17.2 Å². The van der Waals surface area contributed by atoms with E-state index in [1.54, 1.807) is 19.3 Å². The summed E-state index contributed by atoms with van der Waals surface area (Å²) < 4.78 is 0. The number of pyridine rings is 2. The van der Waals surface area contributed by atoms with Gasteiger partial charge in [0, 0.05) is 41.7 Å². The number of anilines is 2. The number of nitrogens with zero attached hydrogens (tertiary/aromatic N) is 2. The second kappa shape index (κ2) is 4.88. The Labute approximate surface area is 115 Å². The van der Waals surface area contributed by atoms with Gasteiger partial charge >= 0.3 is 0 Å². The van der Waals surface area contributed by atoms with Crippen molar-refractivity contribution in [3.05, 3.63) is 24.0 Å². The molecule has 0 atom stereocenters.